The Labute approximate surface area is 89.4 Å². The number of allylic oxidation sites excluding steroid dienone is 1. The van der Waals surface area contributed by atoms with Gasteiger partial charge in [-0.05, 0) is 25.9 Å². The van der Waals surface area contributed by atoms with Crippen LogP contribution in [-0.4, -0.2) is 32.1 Å². The molecule has 0 spiro atoms. The van der Waals surface area contributed by atoms with E-state index in [0.29, 0.717) is 5.41 Å². The van der Waals surface area contributed by atoms with E-state index >= 15 is 0 Å². The van der Waals surface area contributed by atoms with Gasteiger partial charge in [0.05, 0.1) is 0 Å². The Bertz CT molecular complexity index is 167. The Hall–Kier alpha value is -0.500. The summed E-state index contributed by atoms with van der Waals surface area (Å²) in [6.07, 6.45) is 2.42. The molecule has 2 heteroatoms. The number of nitrogens with one attached hydrogen (secondary N) is 1. The summed E-state index contributed by atoms with van der Waals surface area (Å²) in [5, 5.41) is 3.37. The standard InChI is InChI=1S/C10H20N2.C2H6/c1-9(12(3)4)10(2)5-7-11-8-6-10;1-2/h11H,1,5-8H2,2-4H3;1-2H3. The molecule has 1 rings (SSSR count). The van der Waals surface area contributed by atoms with Gasteiger partial charge in [0, 0.05) is 25.2 Å². The number of nitrogens with zero attached hydrogens (tertiary/aromatic N) is 1. The van der Waals surface area contributed by atoms with E-state index < -0.39 is 0 Å². The largest absolute Gasteiger partial charge is 0.381 e. The Balaban J connectivity index is 0.000000791. The number of rotatable bonds is 2. The summed E-state index contributed by atoms with van der Waals surface area (Å²) in [5.41, 5.74) is 1.60. The van der Waals surface area contributed by atoms with Crippen molar-refractivity contribution in [3.63, 3.8) is 0 Å². The van der Waals surface area contributed by atoms with Crippen LogP contribution in [0.4, 0.5) is 0 Å². The average Bonchev–Trinajstić information content (AvgIpc) is 2.21. The molecule has 0 unspecified atom stereocenters. The second kappa shape index (κ2) is 6.07. The molecule has 0 amide bonds. The van der Waals surface area contributed by atoms with Crippen LogP contribution in [0.25, 0.3) is 0 Å². The molecule has 2 nitrogen and oxygen atoms in total. The smallest absolute Gasteiger partial charge is 0.0116 e. The molecule has 1 heterocycles. The maximum Gasteiger partial charge on any atom is 0.0116 e. The zero-order chi connectivity index (χ0) is 11.2. The second-order valence-electron chi connectivity index (χ2n) is 4.15. The number of hydrogen-bond acceptors (Lipinski definition) is 2. The monoisotopic (exact) mass is 198 g/mol. The third kappa shape index (κ3) is 3.33. The van der Waals surface area contributed by atoms with Gasteiger partial charge in [-0.25, -0.2) is 0 Å². The average molecular weight is 198 g/mol. The summed E-state index contributed by atoms with van der Waals surface area (Å²) in [7, 11) is 4.16. The predicted octanol–water partition coefficient (Wildman–Crippen LogP) is 2.48. The van der Waals surface area contributed by atoms with Gasteiger partial charge in [0.25, 0.3) is 0 Å². The highest BCUT2D eigenvalue weighted by Crippen LogP contribution is 2.35. The van der Waals surface area contributed by atoms with Gasteiger partial charge >= 0.3 is 0 Å². The van der Waals surface area contributed by atoms with Gasteiger partial charge in [-0.15, -0.1) is 0 Å². The van der Waals surface area contributed by atoms with Gasteiger partial charge in [-0.1, -0.05) is 27.4 Å². The van der Waals surface area contributed by atoms with E-state index in [9.17, 15) is 0 Å². The molecule has 0 saturated carbocycles. The summed E-state index contributed by atoms with van der Waals surface area (Å²) in [6.45, 7) is 12.7. The van der Waals surface area contributed by atoms with E-state index in [-0.39, 0.29) is 0 Å². The quantitative estimate of drug-likeness (QED) is 0.733. The molecule has 0 atom stereocenters. The van der Waals surface area contributed by atoms with Crippen LogP contribution in [0.3, 0.4) is 0 Å². The molecule has 0 radical (unpaired) electrons. The summed E-state index contributed by atoms with van der Waals surface area (Å²) < 4.78 is 0. The highest BCUT2D eigenvalue weighted by atomic mass is 15.1. The minimum atomic E-state index is 0.328. The zero-order valence-electron chi connectivity index (χ0n) is 10.5. The molecule has 0 aliphatic carbocycles. The van der Waals surface area contributed by atoms with Crippen molar-refractivity contribution < 1.29 is 0 Å². The molecule has 1 N–H and O–H groups in total. The van der Waals surface area contributed by atoms with Crippen molar-refractivity contribution in [3.05, 3.63) is 12.3 Å². The van der Waals surface area contributed by atoms with Crippen molar-refractivity contribution in [2.24, 2.45) is 5.41 Å². The Kier molecular flexibility index (Phi) is 5.86. The zero-order valence-corrected chi connectivity index (χ0v) is 10.5. The molecule has 1 aliphatic rings. The van der Waals surface area contributed by atoms with E-state index in [0.717, 1.165) is 13.1 Å². The van der Waals surface area contributed by atoms with E-state index in [1.165, 1.54) is 18.5 Å². The first-order valence-electron chi connectivity index (χ1n) is 5.64. The highest BCUT2D eigenvalue weighted by Gasteiger charge is 2.30. The van der Waals surface area contributed by atoms with Crippen molar-refractivity contribution in [3.8, 4) is 0 Å². The molecule has 84 valence electrons. The minimum Gasteiger partial charge on any atom is -0.381 e. The fourth-order valence-corrected chi connectivity index (χ4v) is 1.81. The SMILES string of the molecule is C=C(N(C)C)C1(C)CCNCC1.CC. The summed E-state index contributed by atoms with van der Waals surface area (Å²) in [4.78, 5) is 2.14. The lowest BCUT2D eigenvalue weighted by Gasteiger charge is -2.38. The molecule has 0 aromatic heterocycles. The van der Waals surface area contributed by atoms with E-state index in [2.05, 4.69) is 37.8 Å². The fourth-order valence-electron chi connectivity index (χ4n) is 1.81. The molecule has 0 aromatic carbocycles. The maximum atomic E-state index is 4.15. The first kappa shape index (κ1) is 13.5. The molecule has 14 heavy (non-hydrogen) atoms. The van der Waals surface area contributed by atoms with Crippen molar-refractivity contribution in [1.29, 1.82) is 0 Å². The first-order chi connectivity index (χ1) is 6.56. The van der Waals surface area contributed by atoms with Crippen LogP contribution in [0, 0.1) is 5.41 Å². The Morgan fingerprint density at radius 2 is 1.64 bits per heavy atom. The van der Waals surface area contributed by atoms with E-state index in [1.54, 1.807) is 0 Å². The summed E-state index contributed by atoms with van der Waals surface area (Å²) >= 11 is 0. The van der Waals surface area contributed by atoms with Crippen LogP contribution in [0.5, 0.6) is 0 Å². The predicted molar refractivity (Wildman–Crippen MR) is 64.4 cm³/mol. The minimum absolute atomic E-state index is 0.328. The molecule has 1 saturated heterocycles. The molecule has 1 aliphatic heterocycles. The Morgan fingerprint density at radius 1 is 1.21 bits per heavy atom. The van der Waals surface area contributed by atoms with Crippen molar-refractivity contribution in [2.45, 2.75) is 33.6 Å². The molecule has 0 bridgehead atoms. The van der Waals surface area contributed by atoms with Gasteiger partial charge in [0.2, 0.25) is 0 Å². The van der Waals surface area contributed by atoms with Crippen LogP contribution in [0.15, 0.2) is 12.3 Å². The van der Waals surface area contributed by atoms with Gasteiger partial charge in [0.1, 0.15) is 0 Å². The van der Waals surface area contributed by atoms with E-state index in [4.69, 9.17) is 0 Å². The molecule has 1 fully saturated rings. The van der Waals surface area contributed by atoms with Gasteiger partial charge in [-0.3, -0.25) is 0 Å². The number of hydrogen-bond donors (Lipinski definition) is 1. The lowest BCUT2D eigenvalue weighted by Crippen LogP contribution is -2.39. The van der Waals surface area contributed by atoms with Crippen LogP contribution >= 0.6 is 0 Å². The van der Waals surface area contributed by atoms with Gasteiger partial charge in [0.15, 0.2) is 0 Å². The van der Waals surface area contributed by atoms with Crippen LogP contribution in [0.1, 0.15) is 33.6 Å². The third-order valence-corrected chi connectivity index (χ3v) is 2.94. The summed E-state index contributed by atoms with van der Waals surface area (Å²) in [6, 6.07) is 0. The van der Waals surface area contributed by atoms with Gasteiger partial charge in [-0.2, -0.15) is 0 Å². The highest BCUT2D eigenvalue weighted by molar-refractivity contribution is 5.08. The van der Waals surface area contributed by atoms with Crippen LogP contribution in [0.2, 0.25) is 0 Å². The normalized spacial score (nSPS) is 19.2. The molecule has 0 aromatic rings. The van der Waals surface area contributed by atoms with Crippen molar-refractivity contribution in [1.82, 2.24) is 10.2 Å². The van der Waals surface area contributed by atoms with Crippen LogP contribution < -0.4 is 5.32 Å². The molecular formula is C12H26N2. The summed E-state index contributed by atoms with van der Waals surface area (Å²) in [5.74, 6) is 0. The van der Waals surface area contributed by atoms with Gasteiger partial charge < -0.3 is 10.2 Å². The number of piperidine rings is 1. The first-order valence-corrected chi connectivity index (χ1v) is 5.64. The van der Waals surface area contributed by atoms with Crippen molar-refractivity contribution in [2.75, 3.05) is 27.2 Å². The topological polar surface area (TPSA) is 15.3 Å². The maximum absolute atomic E-state index is 4.15. The third-order valence-electron chi connectivity index (χ3n) is 2.94. The van der Waals surface area contributed by atoms with Crippen molar-refractivity contribution >= 4 is 0 Å². The Morgan fingerprint density at radius 3 is 2.00 bits per heavy atom. The lowest BCUT2D eigenvalue weighted by atomic mass is 9.78. The fraction of sp³-hybridized carbons (Fsp3) is 0.833. The lowest BCUT2D eigenvalue weighted by molar-refractivity contribution is 0.229. The van der Waals surface area contributed by atoms with Crippen LogP contribution in [-0.2, 0) is 0 Å². The second-order valence-corrected chi connectivity index (χ2v) is 4.15. The molecular weight excluding hydrogens is 172 g/mol. The van der Waals surface area contributed by atoms with E-state index in [1.807, 2.05) is 13.8 Å².